The summed E-state index contributed by atoms with van der Waals surface area (Å²) < 4.78 is 0. The molecule has 1 aromatic carbocycles. The molecular formula is C13H13ClN2O3. The van der Waals surface area contributed by atoms with Gasteiger partial charge >= 0.3 is 6.03 Å². The Bertz CT molecular complexity index is 537. The number of hydrogen-bond donors (Lipinski definition) is 2. The van der Waals surface area contributed by atoms with E-state index in [0.717, 1.165) is 5.56 Å². The molecule has 100 valence electrons. The van der Waals surface area contributed by atoms with Crippen LogP contribution >= 0.6 is 11.6 Å². The highest BCUT2D eigenvalue weighted by atomic mass is 35.5. The van der Waals surface area contributed by atoms with Gasteiger partial charge in [-0.3, -0.25) is 20.2 Å². The third-order valence-corrected chi connectivity index (χ3v) is 3.56. The molecule has 4 amide bonds. The lowest BCUT2D eigenvalue weighted by Gasteiger charge is -2.33. The zero-order chi connectivity index (χ0) is 14.0. The van der Waals surface area contributed by atoms with Gasteiger partial charge in [-0.05, 0) is 30.5 Å². The number of halogens is 1. The topological polar surface area (TPSA) is 75.3 Å². The van der Waals surface area contributed by atoms with Crippen LogP contribution in [-0.2, 0) is 16.0 Å². The smallest absolute Gasteiger partial charge is 0.277 e. The largest absolute Gasteiger partial charge is 0.328 e. The molecule has 1 aromatic rings. The van der Waals surface area contributed by atoms with E-state index in [0.29, 0.717) is 11.4 Å². The first kappa shape index (κ1) is 13.5. The second-order valence-corrected chi connectivity index (χ2v) is 4.92. The second-order valence-electron chi connectivity index (χ2n) is 4.48. The molecular weight excluding hydrogens is 268 g/mol. The first-order chi connectivity index (χ1) is 8.98. The van der Waals surface area contributed by atoms with Gasteiger partial charge in [-0.2, -0.15) is 0 Å². The number of hydrogen-bond acceptors (Lipinski definition) is 3. The van der Waals surface area contributed by atoms with E-state index < -0.39 is 23.3 Å². The third-order valence-electron chi connectivity index (χ3n) is 3.32. The standard InChI is InChI=1S/C13H13ClN2O3/c1-2-13(7-8-4-3-5-9(14)6-8)10(17)15-12(19)16-11(13)18/h3-6H,2,7H2,1H3,(H2,15,16,17,18,19). The second kappa shape index (κ2) is 5.01. The van der Waals surface area contributed by atoms with E-state index in [2.05, 4.69) is 10.6 Å². The normalized spacial score (nSPS) is 17.9. The van der Waals surface area contributed by atoms with Crippen LogP contribution < -0.4 is 10.6 Å². The first-order valence-electron chi connectivity index (χ1n) is 5.89. The Kier molecular flexibility index (Phi) is 3.57. The first-order valence-corrected chi connectivity index (χ1v) is 6.27. The summed E-state index contributed by atoms with van der Waals surface area (Å²) in [7, 11) is 0. The summed E-state index contributed by atoms with van der Waals surface area (Å²) in [6.07, 6.45) is 0.499. The number of imide groups is 2. The Balaban J connectivity index is 2.35. The van der Waals surface area contributed by atoms with Crippen molar-refractivity contribution in [2.45, 2.75) is 19.8 Å². The van der Waals surface area contributed by atoms with Crippen molar-refractivity contribution >= 4 is 29.4 Å². The molecule has 0 radical (unpaired) electrons. The average molecular weight is 281 g/mol. The number of benzene rings is 1. The predicted octanol–water partition coefficient (Wildman–Crippen LogP) is 1.64. The molecule has 0 unspecified atom stereocenters. The quantitative estimate of drug-likeness (QED) is 0.827. The van der Waals surface area contributed by atoms with Crippen LogP contribution in [0.4, 0.5) is 4.79 Å². The molecule has 2 rings (SSSR count). The highest BCUT2D eigenvalue weighted by Gasteiger charge is 2.48. The van der Waals surface area contributed by atoms with Gasteiger partial charge < -0.3 is 0 Å². The van der Waals surface area contributed by atoms with Gasteiger partial charge in [-0.15, -0.1) is 0 Å². The number of carbonyl (C=O) groups is 3. The number of carbonyl (C=O) groups excluding carboxylic acids is 3. The van der Waals surface area contributed by atoms with Crippen molar-refractivity contribution < 1.29 is 14.4 Å². The third kappa shape index (κ3) is 2.46. The fraction of sp³-hybridized carbons (Fsp3) is 0.308. The van der Waals surface area contributed by atoms with Gasteiger partial charge in [0.05, 0.1) is 0 Å². The molecule has 1 fully saturated rings. The highest BCUT2D eigenvalue weighted by Crippen LogP contribution is 2.30. The summed E-state index contributed by atoms with van der Waals surface area (Å²) in [5.74, 6) is -1.13. The van der Waals surface area contributed by atoms with Crippen molar-refractivity contribution in [2.75, 3.05) is 0 Å². The van der Waals surface area contributed by atoms with Crippen LogP contribution in [0.25, 0.3) is 0 Å². The Morgan fingerprint density at radius 1 is 1.16 bits per heavy atom. The fourth-order valence-corrected chi connectivity index (χ4v) is 2.39. The van der Waals surface area contributed by atoms with E-state index >= 15 is 0 Å². The molecule has 2 N–H and O–H groups in total. The molecule has 0 aromatic heterocycles. The molecule has 1 heterocycles. The summed E-state index contributed by atoms with van der Waals surface area (Å²) in [5, 5.41) is 4.83. The Morgan fingerprint density at radius 3 is 2.32 bits per heavy atom. The SMILES string of the molecule is CCC1(Cc2cccc(Cl)c2)C(=O)NC(=O)NC1=O. The van der Waals surface area contributed by atoms with Gasteiger partial charge in [-0.1, -0.05) is 30.7 Å². The Morgan fingerprint density at radius 2 is 1.79 bits per heavy atom. The van der Waals surface area contributed by atoms with E-state index in [1.54, 1.807) is 31.2 Å². The predicted molar refractivity (Wildman–Crippen MR) is 69.6 cm³/mol. The molecule has 1 aliphatic heterocycles. The van der Waals surface area contributed by atoms with Crippen LogP contribution in [0.5, 0.6) is 0 Å². The zero-order valence-corrected chi connectivity index (χ0v) is 11.1. The molecule has 0 spiro atoms. The van der Waals surface area contributed by atoms with Crippen molar-refractivity contribution in [3.8, 4) is 0 Å². The lowest BCUT2D eigenvalue weighted by molar-refractivity contribution is -0.144. The molecule has 0 saturated carbocycles. The average Bonchev–Trinajstić information content (AvgIpc) is 2.34. The molecule has 19 heavy (non-hydrogen) atoms. The van der Waals surface area contributed by atoms with Crippen LogP contribution in [0, 0.1) is 5.41 Å². The van der Waals surface area contributed by atoms with Crippen LogP contribution in [0.3, 0.4) is 0 Å². The van der Waals surface area contributed by atoms with Gasteiger partial charge in [0.25, 0.3) is 0 Å². The van der Waals surface area contributed by atoms with Crippen LogP contribution in [0.15, 0.2) is 24.3 Å². The monoisotopic (exact) mass is 280 g/mol. The minimum atomic E-state index is -1.27. The molecule has 0 aliphatic carbocycles. The number of rotatable bonds is 3. The fourth-order valence-electron chi connectivity index (χ4n) is 2.18. The molecule has 6 heteroatoms. The minimum Gasteiger partial charge on any atom is -0.277 e. The van der Waals surface area contributed by atoms with E-state index in [9.17, 15) is 14.4 Å². The van der Waals surface area contributed by atoms with Crippen molar-refractivity contribution in [3.05, 3.63) is 34.9 Å². The van der Waals surface area contributed by atoms with Crippen LogP contribution in [0.1, 0.15) is 18.9 Å². The molecule has 0 bridgehead atoms. The number of nitrogens with one attached hydrogen (secondary N) is 2. The summed E-state index contributed by atoms with van der Waals surface area (Å²) >= 11 is 5.89. The summed E-state index contributed by atoms with van der Waals surface area (Å²) in [5.41, 5.74) is -0.493. The van der Waals surface area contributed by atoms with E-state index in [1.807, 2.05) is 0 Å². The van der Waals surface area contributed by atoms with Crippen molar-refractivity contribution in [2.24, 2.45) is 5.41 Å². The summed E-state index contributed by atoms with van der Waals surface area (Å²) in [6.45, 7) is 1.74. The zero-order valence-electron chi connectivity index (χ0n) is 10.3. The number of amides is 4. The van der Waals surface area contributed by atoms with Gasteiger partial charge in [0, 0.05) is 5.02 Å². The molecule has 0 atom stereocenters. The number of barbiturate groups is 1. The summed E-state index contributed by atoms with van der Waals surface area (Å²) in [6, 6.07) is 6.19. The van der Waals surface area contributed by atoms with Gasteiger partial charge in [0.15, 0.2) is 0 Å². The molecule has 1 aliphatic rings. The molecule has 5 nitrogen and oxygen atoms in total. The van der Waals surface area contributed by atoms with E-state index in [1.165, 1.54) is 0 Å². The molecule has 1 saturated heterocycles. The maximum absolute atomic E-state index is 12.0. The lowest BCUT2D eigenvalue weighted by Crippen LogP contribution is -2.63. The van der Waals surface area contributed by atoms with Crippen LogP contribution in [0.2, 0.25) is 5.02 Å². The maximum atomic E-state index is 12.0. The maximum Gasteiger partial charge on any atom is 0.328 e. The lowest BCUT2D eigenvalue weighted by atomic mass is 9.76. The van der Waals surface area contributed by atoms with Crippen molar-refractivity contribution in [1.82, 2.24) is 10.6 Å². The van der Waals surface area contributed by atoms with Crippen molar-refractivity contribution in [1.29, 1.82) is 0 Å². The summed E-state index contributed by atoms with van der Waals surface area (Å²) in [4.78, 5) is 35.2. The van der Waals surface area contributed by atoms with Gasteiger partial charge in [0.2, 0.25) is 11.8 Å². The van der Waals surface area contributed by atoms with E-state index in [-0.39, 0.29) is 6.42 Å². The van der Waals surface area contributed by atoms with Gasteiger partial charge in [0.1, 0.15) is 5.41 Å². The number of urea groups is 1. The van der Waals surface area contributed by atoms with Gasteiger partial charge in [-0.25, -0.2) is 4.79 Å². The van der Waals surface area contributed by atoms with Crippen LogP contribution in [-0.4, -0.2) is 17.8 Å². The Hall–Kier alpha value is -1.88. The van der Waals surface area contributed by atoms with Crippen molar-refractivity contribution in [3.63, 3.8) is 0 Å². The minimum absolute atomic E-state index is 0.203. The highest BCUT2D eigenvalue weighted by molar-refractivity contribution is 6.30. The van der Waals surface area contributed by atoms with E-state index in [4.69, 9.17) is 11.6 Å². The Labute approximate surface area is 115 Å².